The van der Waals surface area contributed by atoms with E-state index in [0.717, 1.165) is 34.1 Å². The van der Waals surface area contributed by atoms with Crippen LogP contribution in [0.15, 0.2) is 140 Å². The highest BCUT2D eigenvalue weighted by molar-refractivity contribution is 5.98. The van der Waals surface area contributed by atoms with Crippen LogP contribution in [-0.4, -0.2) is 0 Å². The van der Waals surface area contributed by atoms with Crippen LogP contribution in [0.3, 0.4) is 0 Å². The summed E-state index contributed by atoms with van der Waals surface area (Å²) in [6.07, 6.45) is 0. The molecule has 8 rings (SSSR count). The maximum absolute atomic E-state index is 6.63. The SMILES string of the molecule is Cc1ccc2c(c1)Oc1cc(-c3ccccc3)ccc1N2c1cccc2c1-c1ccccc1C2(C)c1ccccc1. The van der Waals surface area contributed by atoms with Crippen LogP contribution in [-0.2, 0) is 5.41 Å². The quantitative estimate of drug-likeness (QED) is 0.227. The molecule has 0 radical (unpaired) electrons. The van der Waals surface area contributed by atoms with Gasteiger partial charge in [-0.15, -0.1) is 0 Å². The maximum atomic E-state index is 6.63. The predicted octanol–water partition coefficient (Wildman–Crippen LogP) is 10.6. The Balaban J connectivity index is 1.39. The summed E-state index contributed by atoms with van der Waals surface area (Å²) >= 11 is 0. The molecule has 0 aromatic heterocycles. The first-order valence-corrected chi connectivity index (χ1v) is 14.2. The molecule has 0 spiro atoms. The van der Waals surface area contributed by atoms with E-state index in [9.17, 15) is 0 Å². The Morgan fingerprint density at radius 2 is 1.20 bits per heavy atom. The van der Waals surface area contributed by atoms with Gasteiger partial charge in [0.15, 0.2) is 11.5 Å². The highest BCUT2D eigenvalue weighted by Crippen LogP contribution is 2.59. The molecular weight excluding hydrogens is 498 g/mol. The van der Waals surface area contributed by atoms with Crippen LogP contribution in [0.5, 0.6) is 11.5 Å². The van der Waals surface area contributed by atoms with E-state index in [1.54, 1.807) is 0 Å². The second-order valence-electron chi connectivity index (χ2n) is 11.2. The lowest BCUT2D eigenvalue weighted by molar-refractivity contribution is 0.477. The lowest BCUT2D eigenvalue weighted by Crippen LogP contribution is -2.22. The van der Waals surface area contributed by atoms with Crippen molar-refractivity contribution in [1.82, 2.24) is 0 Å². The number of rotatable bonds is 3. The van der Waals surface area contributed by atoms with Gasteiger partial charge in [0.05, 0.1) is 17.1 Å². The first-order valence-electron chi connectivity index (χ1n) is 14.2. The molecule has 1 heterocycles. The lowest BCUT2D eigenvalue weighted by atomic mass is 9.74. The van der Waals surface area contributed by atoms with E-state index in [4.69, 9.17) is 4.74 Å². The van der Waals surface area contributed by atoms with Crippen molar-refractivity contribution in [3.8, 4) is 33.8 Å². The fourth-order valence-corrected chi connectivity index (χ4v) is 6.78. The summed E-state index contributed by atoms with van der Waals surface area (Å²) in [5, 5.41) is 0. The number of benzene rings is 6. The zero-order valence-corrected chi connectivity index (χ0v) is 23.1. The van der Waals surface area contributed by atoms with Crippen molar-refractivity contribution < 1.29 is 4.74 Å². The summed E-state index contributed by atoms with van der Waals surface area (Å²) in [6.45, 7) is 4.49. The van der Waals surface area contributed by atoms with E-state index in [0.29, 0.717) is 0 Å². The van der Waals surface area contributed by atoms with Crippen molar-refractivity contribution in [2.45, 2.75) is 19.3 Å². The highest BCUT2D eigenvalue weighted by atomic mass is 16.5. The zero-order chi connectivity index (χ0) is 27.6. The molecule has 0 amide bonds. The van der Waals surface area contributed by atoms with Gasteiger partial charge < -0.3 is 9.64 Å². The summed E-state index contributed by atoms with van der Waals surface area (Å²) in [7, 11) is 0. The van der Waals surface area contributed by atoms with E-state index in [1.165, 1.54) is 38.9 Å². The molecule has 0 saturated heterocycles. The maximum Gasteiger partial charge on any atom is 0.152 e. The number of fused-ring (bicyclic) bond motifs is 5. The third-order valence-corrected chi connectivity index (χ3v) is 8.79. The molecule has 6 aromatic carbocycles. The van der Waals surface area contributed by atoms with Crippen molar-refractivity contribution in [3.63, 3.8) is 0 Å². The minimum Gasteiger partial charge on any atom is -0.453 e. The van der Waals surface area contributed by atoms with Gasteiger partial charge in [-0.2, -0.15) is 0 Å². The van der Waals surface area contributed by atoms with Crippen LogP contribution in [0.1, 0.15) is 29.2 Å². The Hall–Kier alpha value is -5.08. The molecule has 6 aromatic rings. The van der Waals surface area contributed by atoms with Gasteiger partial charge in [0.2, 0.25) is 0 Å². The van der Waals surface area contributed by atoms with Crippen molar-refractivity contribution >= 4 is 17.1 Å². The van der Waals surface area contributed by atoms with Crippen LogP contribution in [0.4, 0.5) is 17.1 Å². The van der Waals surface area contributed by atoms with Gasteiger partial charge in [0.25, 0.3) is 0 Å². The van der Waals surface area contributed by atoms with Gasteiger partial charge in [-0.25, -0.2) is 0 Å². The van der Waals surface area contributed by atoms with Crippen LogP contribution in [0.2, 0.25) is 0 Å². The fraction of sp³-hybridized carbons (Fsp3) is 0.0769. The molecule has 1 aliphatic heterocycles. The average molecular weight is 528 g/mol. The zero-order valence-electron chi connectivity index (χ0n) is 23.1. The molecule has 0 N–H and O–H groups in total. The molecule has 1 unspecified atom stereocenters. The Kier molecular flexibility index (Phi) is 5.20. The summed E-state index contributed by atoms with van der Waals surface area (Å²) in [5.41, 5.74) is 13.0. The normalized spacial score (nSPS) is 16.3. The minimum atomic E-state index is -0.258. The Labute approximate surface area is 241 Å². The topological polar surface area (TPSA) is 12.5 Å². The van der Waals surface area contributed by atoms with Gasteiger partial charge in [0.1, 0.15) is 0 Å². The second-order valence-corrected chi connectivity index (χ2v) is 11.2. The molecule has 0 bridgehead atoms. The van der Waals surface area contributed by atoms with Crippen molar-refractivity contribution in [2.75, 3.05) is 4.90 Å². The molecule has 2 aliphatic rings. The van der Waals surface area contributed by atoms with Gasteiger partial charge in [0, 0.05) is 11.0 Å². The molecule has 2 nitrogen and oxygen atoms in total. The molecule has 41 heavy (non-hydrogen) atoms. The van der Waals surface area contributed by atoms with E-state index in [1.807, 2.05) is 0 Å². The van der Waals surface area contributed by atoms with E-state index < -0.39 is 0 Å². The monoisotopic (exact) mass is 527 g/mol. The standard InChI is InChI=1S/C39H29NO/c1-26-20-22-33-36(24-26)41-37-25-28(27-12-5-3-6-13-27)21-23-34(37)40(33)35-19-11-18-32-38(35)30-16-9-10-17-31(30)39(32,2)29-14-7-4-8-15-29/h3-25H,1-2H3. The molecule has 2 heteroatoms. The molecule has 1 atom stereocenters. The Morgan fingerprint density at radius 3 is 2.00 bits per heavy atom. The number of nitrogens with zero attached hydrogens (tertiary/aromatic N) is 1. The smallest absolute Gasteiger partial charge is 0.152 e. The summed E-state index contributed by atoms with van der Waals surface area (Å²) < 4.78 is 6.63. The summed E-state index contributed by atoms with van der Waals surface area (Å²) in [6, 6.07) is 50.2. The summed E-state index contributed by atoms with van der Waals surface area (Å²) in [4.78, 5) is 2.40. The number of ether oxygens (including phenoxy) is 1. The lowest BCUT2D eigenvalue weighted by Gasteiger charge is -2.35. The van der Waals surface area contributed by atoms with Crippen LogP contribution in [0.25, 0.3) is 22.3 Å². The van der Waals surface area contributed by atoms with Crippen LogP contribution < -0.4 is 9.64 Å². The predicted molar refractivity (Wildman–Crippen MR) is 169 cm³/mol. The largest absolute Gasteiger partial charge is 0.453 e. The molecule has 1 aliphatic carbocycles. The van der Waals surface area contributed by atoms with Crippen molar-refractivity contribution in [3.05, 3.63) is 162 Å². The van der Waals surface area contributed by atoms with Gasteiger partial charge in [-0.3, -0.25) is 0 Å². The fourth-order valence-electron chi connectivity index (χ4n) is 6.78. The number of hydrogen-bond acceptors (Lipinski definition) is 2. The number of anilines is 3. The molecular formula is C39H29NO. The average Bonchev–Trinajstić information content (AvgIpc) is 3.30. The first kappa shape index (κ1) is 23.8. The number of hydrogen-bond donors (Lipinski definition) is 0. The van der Waals surface area contributed by atoms with Gasteiger partial charge in [-0.1, -0.05) is 109 Å². The molecule has 0 saturated carbocycles. The van der Waals surface area contributed by atoms with E-state index >= 15 is 0 Å². The van der Waals surface area contributed by atoms with Gasteiger partial charge >= 0.3 is 0 Å². The highest BCUT2D eigenvalue weighted by Gasteiger charge is 2.43. The Morgan fingerprint density at radius 1 is 0.537 bits per heavy atom. The summed E-state index contributed by atoms with van der Waals surface area (Å²) in [5.74, 6) is 1.73. The number of aryl methyl sites for hydroxylation is 1. The van der Waals surface area contributed by atoms with Crippen LogP contribution in [0, 0.1) is 6.92 Å². The van der Waals surface area contributed by atoms with Crippen LogP contribution >= 0.6 is 0 Å². The first-order chi connectivity index (χ1) is 20.1. The van der Waals surface area contributed by atoms with E-state index in [-0.39, 0.29) is 5.41 Å². The van der Waals surface area contributed by atoms with Crippen molar-refractivity contribution in [2.24, 2.45) is 0 Å². The van der Waals surface area contributed by atoms with E-state index in [2.05, 4.69) is 158 Å². The van der Waals surface area contributed by atoms with Gasteiger partial charge in [-0.05, 0) is 83.1 Å². The third-order valence-electron chi connectivity index (χ3n) is 8.79. The Bertz CT molecular complexity index is 1940. The third kappa shape index (κ3) is 3.50. The minimum absolute atomic E-state index is 0.258. The van der Waals surface area contributed by atoms with Crippen molar-refractivity contribution in [1.29, 1.82) is 0 Å². The second kappa shape index (κ2) is 8.97. The molecule has 0 fully saturated rings. The molecule has 196 valence electrons.